The van der Waals surface area contributed by atoms with Crippen molar-refractivity contribution in [1.29, 1.82) is 0 Å². The van der Waals surface area contributed by atoms with E-state index in [0.29, 0.717) is 0 Å². The van der Waals surface area contributed by atoms with Crippen LogP contribution in [0.4, 0.5) is 28.0 Å². The normalized spacial score (nSPS) is 11.2. The largest absolute Gasteiger partial charge is 0.446 e. The molecule has 0 atom stereocenters. The third-order valence-electron chi connectivity index (χ3n) is 2.83. The molecule has 0 aliphatic carbocycles. The average molecular weight is 427 g/mol. The summed E-state index contributed by atoms with van der Waals surface area (Å²) < 4.78 is 50.7. The molecule has 0 aliphatic heterocycles. The summed E-state index contributed by atoms with van der Waals surface area (Å²) in [6.07, 6.45) is 0. The van der Waals surface area contributed by atoms with Crippen LogP contribution in [0.2, 0.25) is 10.0 Å². The Hall–Kier alpha value is -1.97. The molecule has 0 spiro atoms. The van der Waals surface area contributed by atoms with Gasteiger partial charge in [-0.3, -0.25) is 10.1 Å². The summed E-state index contributed by atoms with van der Waals surface area (Å²) >= 11 is 11.0. The molecule has 0 unspecified atom stereocenters. The number of halogens is 6. The van der Waals surface area contributed by atoms with Crippen molar-refractivity contribution in [2.75, 3.05) is 5.32 Å². The average Bonchev–Trinajstić information content (AvgIpc) is 2.48. The van der Waals surface area contributed by atoms with Gasteiger partial charge in [0.15, 0.2) is 0 Å². The molecule has 0 heterocycles. The van der Waals surface area contributed by atoms with Crippen LogP contribution in [0.3, 0.4) is 0 Å². The first-order valence-electron chi connectivity index (χ1n) is 6.68. The Morgan fingerprint density at radius 1 is 1.04 bits per heavy atom. The minimum absolute atomic E-state index is 0.0338. The first-order chi connectivity index (χ1) is 12.1. The van der Waals surface area contributed by atoms with Crippen LogP contribution in [0.5, 0.6) is 0 Å². The van der Waals surface area contributed by atoms with Crippen LogP contribution in [0.1, 0.15) is 10.4 Å². The number of alkyl halides is 3. The highest BCUT2D eigenvalue weighted by atomic mass is 35.5. The Balaban J connectivity index is 2.06. The zero-order chi connectivity index (χ0) is 19.5. The van der Waals surface area contributed by atoms with E-state index in [9.17, 15) is 27.2 Å². The minimum atomic E-state index is -4.51. The molecule has 0 aromatic heterocycles. The maximum absolute atomic E-state index is 13.6. The lowest BCUT2D eigenvalue weighted by Gasteiger charge is -2.11. The van der Waals surface area contributed by atoms with Crippen LogP contribution in [-0.2, 0) is 0 Å². The topological polar surface area (TPSA) is 58.2 Å². The van der Waals surface area contributed by atoms with E-state index in [1.54, 1.807) is 0 Å². The maximum Gasteiger partial charge on any atom is 0.446 e. The quantitative estimate of drug-likeness (QED) is 0.488. The third kappa shape index (κ3) is 5.52. The Labute approximate surface area is 158 Å². The number of amides is 3. The molecule has 0 saturated carbocycles. The van der Waals surface area contributed by atoms with Gasteiger partial charge in [-0.2, -0.15) is 13.2 Å². The first kappa shape index (κ1) is 20.3. The van der Waals surface area contributed by atoms with Crippen LogP contribution in [0.15, 0.2) is 41.3 Å². The molecule has 3 amide bonds. The van der Waals surface area contributed by atoms with Gasteiger partial charge in [-0.25, -0.2) is 9.18 Å². The molecule has 0 bridgehead atoms. The molecule has 0 radical (unpaired) electrons. The number of thioether (sulfide) groups is 1. The SMILES string of the molecule is O=C(NC(=O)c1c(F)cccc1Cl)Nc1ccc(SC(F)(F)F)c(Cl)c1. The second-order valence-electron chi connectivity index (χ2n) is 4.70. The zero-order valence-corrected chi connectivity index (χ0v) is 14.8. The van der Waals surface area contributed by atoms with E-state index >= 15 is 0 Å². The van der Waals surface area contributed by atoms with E-state index in [1.165, 1.54) is 18.2 Å². The molecule has 2 N–H and O–H groups in total. The molecule has 138 valence electrons. The number of rotatable bonds is 3. The van der Waals surface area contributed by atoms with Crippen LogP contribution >= 0.6 is 35.0 Å². The number of anilines is 1. The van der Waals surface area contributed by atoms with Crippen molar-refractivity contribution < 1.29 is 27.2 Å². The van der Waals surface area contributed by atoms with Crippen molar-refractivity contribution in [3.8, 4) is 0 Å². The fourth-order valence-corrected chi connectivity index (χ4v) is 2.92. The Bertz CT molecular complexity index is 842. The van der Waals surface area contributed by atoms with Gasteiger partial charge in [0.05, 0.1) is 15.6 Å². The summed E-state index contributed by atoms with van der Waals surface area (Å²) in [5, 5.41) is 3.63. The molecule has 0 fully saturated rings. The van der Waals surface area contributed by atoms with E-state index in [4.69, 9.17) is 23.2 Å². The summed E-state index contributed by atoms with van der Waals surface area (Å²) in [6, 6.07) is 5.82. The molecule has 4 nitrogen and oxygen atoms in total. The molecule has 0 aliphatic rings. The fraction of sp³-hybridized carbons (Fsp3) is 0.0667. The number of benzene rings is 2. The van der Waals surface area contributed by atoms with Gasteiger partial charge in [0.25, 0.3) is 5.91 Å². The first-order valence-corrected chi connectivity index (χ1v) is 8.25. The predicted octanol–water partition coefficient (Wildman–Crippen LogP) is 5.71. The van der Waals surface area contributed by atoms with Gasteiger partial charge in [-0.05, 0) is 42.1 Å². The lowest BCUT2D eigenvalue weighted by molar-refractivity contribution is -0.0328. The number of nitrogens with one attached hydrogen (secondary N) is 2. The van der Waals surface area contributed by atoms with E-state index in [0.717, 1.165) is 18.2 Å². The van der Waals surface area contributed by atoms with Crippen molar-refractivity contribution in [1.82, 2.24) is 5.32 Å². The number of carbonyl (C=O) groups excluding carboxylic acids is 2. The lowest BCUT2D eigenvalue weighted by Crippen LogP contribution is -2.35. The molecule has 2 aromatic rings. The van der Waals surface area contributed by atoms with Gasteiger partial charge >= 0.3 is 11.5 Å². The van der Waals surface area contributed by atoms with Gasteiger partial charge in [0.2, 0.25) is 0 Å². The molecular formula is C15H8Cl2F4N2O2S. The van der Waals surface area contributed by atoms with Gasteiger partial charge in [0.1, 0.15) is 5.82 Å². The summed E-state index contributed by atoms with van der Waals surface area (Å²) in [6.45, 7) is 0. The number of hydrogen-bond donors (Lipinski definition) is 2. The minimum Gasteiger partial charge on any atom is -0.308 e. The van der Waals surface area contributed by atoms with Gasteiger partial charge < -0.3 is 5.32 Å². The number of carbonyl (C=O) groups is 2. The van der Waals surface area contributed by atoms with E-state index < -0.39 is 40.6 Å². The second kappa shape index (κ2) is 8.15. The highest BCUT2D eigenvalue weighted by Crippen LogP contribution is 2.40. The zero-order valence-electron chi connectivity index (χ0n) is 12.5. The van der Waals surface area contributed by atoms with Crippen LogP contribution in [0.25, 0.3) is 0 Å². The van der Waals surface area contributed by atoms with Crippen molar-refractivity contribution in [2.45, 2.75) is 10.4 Å². The van der Waals surface area contributed by atoms with Crippen LogP contribution in [-0.4, -0.2) is 17.4 Å². The summed E-state index contributed by atoms with van der Waals surface area (Å²) in [7, 11) is 0. The number of hydrogen-bond acceptors (Lipinski definition) is 3. The Kier molecular flexibility index (Phi) is 6.38. The number of imide groups is 1. The standard InChI is InChI=1S/C15H8Cl2F4N2O2S/c16-8-2-1-3-10(18)12(8)13(24)23-14(25)22-7-4-5-11(9(17)6-7)26-15(19,20)21/h1-6H,(H2,22,23,24,25). The Morgan fingerprint density at radius 3 is 2.31 bits per heavy atom. The van der Waals surface area contributed by atoms with E-state index in [-0.39, 0.29) is 20.6 Å². The highest BCUT2D eigenvalue weighted by Gasteiger charge is 2.30. The van der Waals surface area contributed by atoms with E-state index in [2.05, 4.69) is 5.32 Å². The lowest BCUT2D eigenvalue weighted by atomic mass is 10.2. The van der Waals surface area contributed by atoms with Crippen molar-refractivity contribution in [3.05, 3.63) is 57.8 Å². The summed E-state index contributed by atoms with van der Waals surface area (Å²) in [5.41, 5.74) is -4.99. The highest BCUT2D eigenvalue weighted by molar-refractivity contribution is 8.00. The maximum atomic E-state index is 13.6. The van der Waals surface area contributed by atoms with Crippen LogP contribution < -0.4 is 10.6 Å². The fourth-order valence-electron chi connectivity index (χ4n) is 1.83. The monoisotopic (exact) mass is 426 g/mol. The third-order valence-corrected chi connectivity index (χ3v) is 4.38. The van der Waals surface area contributed by atoms with Gasteiger partial charge in [-0.1, -0.05) is 29.3 Å². The molecule has 11 heteroatoms. The molecule has 2 aromatic carbocycles. The van der Waals surface area contributed by atoms with Crippen LogP contribution in [0, 0.1) is 5.82 Å². The van der Waals surface area contributed by atoms with Crippen molar-refractivity contribution >= 4 is 52.6 Å². The molecule has 26 heavy (non-hydrogen) atoms. The smallest absolute Gasteiger partial charge is 0.308 e. The van der Waals surface area contributed by atoms with Gasteiger partial charge in [-0.15, -0.1) is 0 Å². The predicted molar refractivity (Wildman–Crippen MR) is 91.3 cm³/mol. The second-order valence-corrected chi connectivity index (χ2v) is 6.62. The molecular weight excluding hydrogens is 419 g/mol. The summed E-state index contributed by atoms with van der Waals surface area (Å²) in [4.78, 5) is 23.5. The van der Waals surface area contributed by atoms with Crippen molar-refractivity contribution in [2.24, 2.45) is 0 Å². The number of urea groups is 1. The van der Waals surface area contributed by atoms with E-state index in [1.807, 2.05) is 5.32 Å². The Morgan fingerprint density at radius 2 is 1.73 bits per heavy atom. The summed E-state index contributed by atoms with van der Waals surface area (Å²) in [5.74, 6) is -2.00. The van der Waals surface area contributed by atoms with Crippen molar-refractivity contribution in [3.63, 3.8) is 0 Å². The molecule has 0 saturated heterocycles. The van der Waals surface area contributed by atoms with Gasteiger partial charge in [0, 0.05) is 10.6 Å². The molecule has 2 rings (SSSR count).